The summed E-state index contributed by atoms with van der Waals surface area (Å²) in [5.41, 5.74) is 14.1. The Balaban J connectivity index is 1.10. The number of rotatable bonds is 4. The molecule has 50 heavy (non-hydrogen) atoms. The van der Waals surface area contributed by atoms with Crippen molar-refractivity contribution in [1.82, 2.24) is 15.3 Å². The molecule has 0 radical (unpaired) electrons. The number of dihydropyridines is 1. The molecule has 3 heterocycles. The lowest BCUT2D eigenvalue weighted by atomic mass is 9.66. The Morgan fingerprint density at radius 2 is 1.08 bits per heavy atom. The number of hydrogen-bond donors (Lipinski definition) is 1. The molecule has 0 unspecified atom stereocenters. The lowest BCUT2D eigenvalue weighted by Crippen LogP contribution is -2.32. The smallest absolute Gasteiger partial charge is 0.160 e. The molecule has 1 spiro atoms. The molecule has 2 aliphatic heterocycles. The number of allylic oxidation sites excluding steroid dienone is 2. The summed E-state index contributed by atoms with van der Waals surface area (Å²) >= 11 is 0. The largest absolute Gasteiger partial charge is 0.457 e. The lowest BCUT2D eigenvalue weighted by molar-refractivity contribution is 0.436. The molecule has 10 rings (SSSR count). The highest BCUT2D eigenvalue weighted by molar-refractivity contribution is 5.89. The van der Waals surface area contributed by atoms with Crippen LogP contribution in [0.25, 0.3) is 45.0 Å². The van der Waals surface area contributed by atoms with Crippen molar-refractivity contribution in [2.45, 2.75) is 5.41 Å². The van der Waals surface area contributed by atoms with Gasteiger partial charge in [-0.15, -0.1) is 0 Å². The zero-order chi connectivity index (χ0) is 33.1. The first-order valence-electron chi connectivity index (χ1n) is 17.0. The maximum Gasteiger partial charge on any atom is 0.160 e. The minimum atomic E-state index is -0.494. The number of para-hydroxylation sites is 1. The topological polar surface area (TPSA) is 47.0 Å². The number of fused-ring (bicyclic) bond motifs is 9. The van der Waals surface area contributed by atoms with Crippen LogP contribution in [0.1, 0.15) is 33.5 Å². The molecule has 0 fully saturated rings. The molecule has 3 aliphatic rings. The molecule has 0 saturated heterocycles. The fourth-order valence-corrected chi connectivity index (χ4v) is 7.98. The van der Waals surface area contributed by atoms with E-state index in [0.29, 0.717) is 6.54 Å². The van der Waals surface area contributed by atoms with Crippen LogP contribution >= 0.6 is 0 Å². The molecule has 0 bridgehead atoms. The maximum atomic E-state index is 6.64. The number of nitrogens with one attached hydrogen (secondary N) is 1. The molecule has 1 N–H and O–H groups in total. The fraction of sp³-hybridized carbons (Fsp3) is 0.0435. The summed E-state index contributed by atoms with van der Waals surface area (Å²) in [7, 11) is 0. The van der Waals surface area contributed by atoms with E-state index in [-0.39, 0.29) is 0 Å². The van der Waals surface area contributed by atoms with Gasteiger partial charge in [-0.3, -0.25) is 0 Å². The molecule has 7 aromatic rings. The highest BCUT2D eigenvalue weighted by Gasteiger charge is 2.51. The molecule has 1 aromatic heterocycles. The van der Waals surface area contributed by atoms with Crippen LogP contribution in [-0.2, 0) is 5.41 Å². The number of nitrogens with zero attached hydrogens (tertiary/aromatic N) is 2. The monoisotopic (exact) mass is 641 g/mol. The number of hydrogen-bond acceptors (Lipinski definition) is 4. The quantitative estimate of drug-likeness (QED) is 0.208. The summed E-state index contributed by atoms with van der Waals surface area (Å²) in [6.07, 6.45) is 4.37. The third kappa shape index (κ3) is 4.32. The zero-order valence-corrected chi connectivity index (χ0v) is 27.2. The van der Waals surface area contributed by atoms with Crippen molar-refractivity contribution >= 4 is 11.3 Å². The first-order chi connectivity index (χ1) is 24.8. The van der Waals surface area contributed by atoms with Crippen molar-refractivity contribution in [3.8, 4) is 45.3 Å². The highest BCUT2D eigenvalue weighted by atomic mass is 16.5. The Morgan fingerprint density at radius 1 is 0.480 bits per heavy atom. The summed E-state index contributed by atoms with van der Waals surface area (Å²) in [6.45, 7) is 0.637. The van der Waals surface area contributed by atoms with E-state index >= 15 is 0 Å². The molecule has 0 atom stereocenters. The predicted molar refractivity (Wildman–Crippen MR) is 201 cm³/mol. The summed E-state index contributed by atoms with van der Waals surface area (Å²) < 4.78 is 6.64. The molecular weight excluding hydrogens is 611 g/mol. The first kappa shape index (κ1) is 28.5. The van der Waals surface area contributed by atoms with Crippen LogP contribution in [0.3, 0.4) is 0 Å². The molecule has 0 amide bonds. The van der Waals surface area contributed by atoms with Crippen LogP contribution < -0.4 is 10.1 Å². The van der Waals surface area contributed by atoms with Gasteiger partial charge in [-0.05, 0) is 69.8 Å². The van der Waals surface area contributed by atoms with Crippen LogP contribution in [0.2, 0.25) is 0 Å². The van der Waals surface area contributed by atoms with Crippen LogP contribution in [0.15, 0.2) is 170 Å². The standard InChI is InChI=1S/C46H31N3O/c1-3-13-30(14-4-1)41-28-42(49-45(48-41)31-15-5-2-6-16-31)33-23-25-40(47-29-33)32-24-26-44-39(27-32)46(38-21-11-12-22-43(38)50-44)36-19-9-7-17-34(36)35-18-8-10-20-37(35)46/h1-28,47H,29H2. The van der Waals surface area contributed by atoms with Gasteiger partial charge in [0.1, 0.15) is 11.5 Å². The van der Waals surface area contributed by atoms with Crippen molar-refractivity contribution in [3.05, 3.63) is 203 Å². The Labute approximate surface area is 291 Å². The van der Waals surface area contributed by atoms with Crippen LogP contribution in [0.5, 0.6) is 11.5 Å². The normalized spacial score (nSPS) is 14.6. The maximum absolute atomic E-state index is 6.64. The molecule has 4 nitrogen and oxygen atoms in total. The summed E-state index contributed by atoms with van der Waals surface area (Å²) in [5.74, 6) is 2.50. The third-order valence-electron chi connectivity index (χ3n) is 10.2. The van der Waals surface area contributed by atoms with Gasteiger partial charge in [0.25, 0.3) is 0 Å². The van der Waals surface area contributed by atoms with Crippen molar-refractivity contribution in [2.75, 3.05) is 6.54 Å². The van der Waals surface area contributed by atoms with Crippen molar-refractivity contribution in [1.29, 1.82) is 0 Å². The predicted octanol–water partition coefficient (Wildman–Crippen LogP) is 10.3. The number of aromatic nitrogens is 2. The van der Waals surface area contributed by atoms with Crippen molar-refractivity contribution in [3.63, 3.8) is 0 Å². The van der Waals surface area contributed by atoms with Gasteiger partial charge in [-0.2, -0.15) is 0 Å². The van der Waals surface area contributed by atoms with Gasteiger partial charge in [-0.1, -0.05) is 133 Å². The molecule has 236 valence electrons. The first-order valence-corrected chi connectivity index (χ1v) is 17.0. The Kier molecular flexibility index (Phi) is 6.43. The van der Waals surface area contributed by atoms with Crippen LogP contribution in [0.4, 0.5) is 0 Å². The minimum Gasteiger partial charge on any atom is -0.457 e. The number of ether oxygens (including phenoxy) is 1. The Bertz CT molecular complexity index is 2410. The van der Waals surface area contributed by atoms with Crippen LogP contribution in [-0.4, -0.2) is 16.5 Å². The van der Waals surface area contributed by atoms with E-state index in [1.807, 2.05) is 36.4 Å². The van der Waals surface area contributed by atoms with Gasteiger partial charge in [0, 0.05) is 34.5 Å². The number of benzene rings is 6. The van der Waals surface area contributed by atoms with E-state index in [4.69, 9.17) is 14.7 Å². The minimum absolute atomic E-state index is 0.494. The Hall–Kier alpha value is -6.52. The van der Waals surface area contributed by atoms with E-state index in [2.05, 4.69) is 139 Å². The molecular formula is C46H31N3O. The average molecular weight is 642 g/mol. The molecule has 4 heteroatoms. The second kappa shape index (κ2) is 11.3. The Morgan fingerprint density at radius 3 is 1.78 bits per heavy atom. The average Bonchev–Trinajstić information content (AvgIpc) is 3.49. The van der Waals surface area contributed by atoms with Gasteiger partial charge in [0.05, 0.1) is 16.8 Å². The van der Waals surface area contributed by atoms with Gasteiger partial charge >= 0.3 is 0 Å². The molecule has 1 aliphatic carbocycles. The SMILES string of the molecule is C1=C(c2ccc3c(c2)C2(c4ccccc4O3)c3ccccc3-c3ccccc32)NCC(c2cc(-c3ccccc3)nc(-c3ccccc3)n2)=C1. The zero-order valence-electron chi connectivity index (χ0n) is 27.2. The van der Waals surface area contributed by atoms with Crippen LogP contribution in [0, 0.1) is 0 Å². The van der Waals surface area contributed by atoms with Gasteiger partial charge in [0.2, 0.25) is 0 Å². The van der Waals surface area contributed by atoms with Gasteiger partial charge in [-0.25, -0.2) is 9.97 Å². The molecule has 0 saturated carbocycles. The third-order valence-corrected chi connectivity index (χ3v) is 10.2. The van der Waals surface area contributed by atoms with Crippen molar-refractivity contribution < 1.29 is 4.74 Å². The van der Waals surface area contributed by atoms with Gasteiger partial charge in [0.15, 0.2) is 5.82 Å². The van der Waals surface area contributed by atoms with Gasteiger partial charge < -0.3 is 10.1 Å². The lowest BCUT2D eigenvalue weighted by Gasteiger charge is -2.39. The summed E-state index contributed by atoms with van der Waals surface area (Å²) in [5, 5.41) is 3.74. The van der Waals surface area contributed by atoms with Crippen molar-refractivity contribution in [2.24, 2.45) is 0 Å². The second-order valence-corrected chi connectivity index (χ2v) is 13.0. The second-order valence-electron chi connectivity index (χ2n) is 13.0. The highest BCUT2D eigenvalue weighted by Crippen LogP contribution is 2.62. The summed E-state index contributed by atoms with van der Waals surface area (Å²) in [6, 6.07) is 55.4. The van der Waals surface area contributed by atoms with E-state index in [0.717, 1.165) is 62.2 Å². The van der Waals surface area contributed by atoms with E-state index in [9.17, 15) is 0 Å². The molecule has 6 aromatic carbocycles. The van der Waals surface area contributed by atoms with E-state index < -0.39 is 5.41 Å². The summed E-state index contributed by atoms with van der Waals surface area (Å²) in [4.78, 5) is 10.0. The fourth-order valence-electron chi connectivity index (χ4n) is 7.98. The van der Waals surface area contributed by atoms with E-state index in [1.54, 1.807) is 0 Å². The van der Waals surface area contributed by atoms with E-state index in [1.165, 1.54) is 27.8 Å².